The maximum Gasteiger partial charge on any atom is 0.410 e. The zero-order chi connectivity index (χ0) is 32.4. The number of benzene rings is 1. The number of fused-ring (bicyclic) bond motifs is 2. The molecule has 2 fully saturated rings. The van der Waals surface area contributed by atoms with E-state index < -0.39 is 57.0 Å². The van der Waals surface area contributed by atoms with Crippen LogP contribution in [0.15, 0.2) is 18.2 Å². The largest absolute Gasteiger partial charge is 0.489 e. The molecule has 0 radical (unpaired) electrons. The number of anilines is 1. The van der Waals surface area contributed by atoms with Crippen molar-refractivity contribution in [2.24, 2.45) is 0 Å². The van der Waals surface area contributed by atoms with Crippen molar-refractivity contribution in [3.05, 3.63) is 40.4 Å². The minimum atomic E-state index is -3.81. The number of hydrogen-bond acceptors (Lipinski definition) is 9. The van der Waals surface area contributed by atoms with Crippen molar-refractivity contribution in [1.82, 2.24) is 14.8 Å². The van der Waals surface area contributed by atoms with Crippen molar-refractivity contribution in [1.29, 1.82) is 0 Å². The number of hydrogen-bond donors (Lipinski definition) is 0. The Kier molecular flexibility index (Phi) is 8.25. The Balaban J connectivity index is 1.61. The Morgan fingerprint density at radius 2 is 1.89 bits per heavy atom. The third-order valence-electron chi connectivity index (χ3n) is 7.72. The van der Waals surface area contributed by atoms with Gasteiger partial charge < -0.3 is 24.2 Å². The van der Waals surface area contributed by atoms with Crippen molar-refractivity contribution >= 4 is 39.5 Å². The molecule has 1 aromatic heterocycles. The van der Waals surface area contributed by atoms with Gasteiger partial charge in [-0.3, -0.25) is 8.98 Å². The van der Waals surface area contributed by atoms with Crippen molar-refractivity contribution < 1.29 is 40.4 Å². The highest BCUT2D eigenvalue weighted by Crippen LogP contribution is 2.47. The molecule has 3 aliphatic heterocycles. The van der Waals surface area contributed by atoms with E-state index in [4.69, 9.17) is 25.3 Å². The molecule has 0 spiro atoms. The molecule has 15 heteroatoms. The summed E-state index contributed by atoms with van der Waals surface area (Å²) in [4.78, 5) is 36.6. The molecule has 0 aliphatic carbocycles. The van der Waals surface area contributed by atoms with Crippen LogP contribution in [0.2, 0.25) is 5.02 Å². The van der Waals surface area contributed by atoms with Crippen LogP contribution in [0, 0.1) is 11.6 Å². The summed E-state index contributed by atoms with van der Waals surface area (Å²) in [5.41, 5.74) is -1.89. The molecule has 2 aromatic rings. The van der Waals surface area contributed by atoms with E-state index in [0.29, 0.717) is 0 Å². The van der Waals surface area contributed by atoms with Crippen LogP contribution in [0.1, 0.15) is 51.4 Å². The predicted octanol–water partition coefficient (Wildman–Crippen LogP) is 4.47. The van der Waals surface area contributed by atoms with E-state index in [1.807, 2.05) is 13.8 Å². The molecular formula is C29H35ClF2N4O7S. The summed E-state index contributed by atoms with van der Waals surface area (Å²) in [5, 5.41) is -0.189. The second-order valence-corrected chi connectivity index (χ2v) is 14.8. The van der Waals surface area contributed by atoms with Gasteiger partial charge in [-0.1, -0.05) is 17.7 Å². The Hall–Kier alpha value is -3.23. The minimum absolute atomic E-state index is 0.00291. The Bertz CT molecular complexity index is 1620. The molecule has 240 valence electrons. The topological polar surface area (TPSA) is 119 Å². The molecule has 11 nitrogen and oxygen atoms in total. The normalized spacial score (nSPS) is 21.8. The van der Waals surface area contributed by atoms with Gasteiger partial charge in [0.1, 0.15) is 28.6 Å². The highest BCUT2D eigenvalue weighted by molar-refractivity contribution is 7.86. The van der Waals surface area contributed by atoms with E-state index in [0.717, 1.165) is 12.3 Å². The third-order valence-corrected chi connectivity index (χ3v) is 8.69. The first kappa shape index (κ1) is 32.2. The fraction of sp³-hybridized carbons (Fsp3) is 0.552. The molecule has 2 amide bonds. The van der Waals surface area contributed by atoms with Gasteiger partial charge in [0.15, 0.2) is 17.4 Å². The number of ether oxygens (including phenoxy) is 2. The standard InChI is InChI=1S/C29H35ClF2N4O7S/c1-28(2,3)42-27(38)34-10-11-35-16(13-34)15-41-24-20(26(35)37)25(36-14-17(12-29(36,4)5)43-44(6,39)40)33-23(21(24)30)18-8-7-9-19(31)22(18)32/h7-9,16-17H,10-15H2,1-6H3. The first-order valence-corrected chi connectivity index (χ1v) is 16.3. The van der Waals surface area contributed by atoms with Gasteiger partial charge in [-0.2, -0.15) is 8.42 Å². The lowest BCUT2D eigenvalue weighted by molar-refractivity contribution is 0.000951. The van der Waals surface area contributed by atoms with Gasteiger partial charge in [-0.05, 0) is 53.2 Å². The van der Waals surface area contributed by atoms with E-state index in [2.05, 4.69) is 4.98 Å². The molecule has 44 heavy (non-hydrogen) atoms. The Morgan fingerprint density at radius 1 is 1.18 bits per heavy atom. The molecule has 1 aromatic carbocycles. The minimum Gasteiger partial charge on any atom is -0.489 e. The highest BCUT2D eigenvalue weighted by atomic mass is 35.5. The van der Waals surface area contributed by atoms with Crippen LogP contribution < -0.4 is 9.64 Å². The lowest BCUT2D eigenvalue weighted by Gasteiger charge is -2.40. The molecule has 2 atom stereocenters. The highest BCUT2D eigenvalue weighted by Gasteiger charge is 2.47. The van der Waals surface area contributed by atoms with Crippen molar-refractivity contribution in [2.75, 3.05) is 43.9 Å². The van der Waals surface area contributed by atoms with E-state index in [1.54, 1.807) is 30.6 Å². The van der Waals surface area contributed by atoms with Crippen molar-refractivity contribution in [3.63, 3.8) is 0 Å². The number of piperazine rings is 1. The first-order valence-electron chi connectivity index (χ1n) is 14.1. The number of rotatable bonds is 4. The van der Waals surface area contributed by atoms with E-state index in [1.165, 1.54) is 17.0 Å². The first-order chi connectivity index (χ1) is 20.4. The van der Waals surface area contributed by atoms with Crippen LogP contribution in [0.3, 0.4) is 0 Å². The number of carbonyl (C=O) groups excluding carboxylic acids is 2. The van der Waals surface area contributed by atoms with Crippen LogP contribution in [0.5, 0.6) is 5.75 Å². The average molecular weight is 657 g/mol. The van der Waals surface area contributed by atoms with E-state index >= 15 is 4.39 Å². The smallest absolute Gasteiger partial charge is 0.410 e. The zero-order valence-corrected chi connectivity index (χ0v) is 26.9. The van der Waals surface area contributed by atoms with Crippen LogP contribution in [0.25, 0.3) is 11.3 Å². The summed E-state index contributed by atoms with van der Waals surface area (Å²) in [6.07, 6.45) is -0.0791. The van der Waals surface area contributed by atoms with Crippen molar-refractivity contribution in [3.8, 4) is 17.0 Å². The van der Waals surface area contributed by atoms with Crippen molar-refractivity contribution in [2.45, 2.75) is 64.3 Å². The molecule has 5 rings (SSSR count). The quantitative estimate of drug-likeness (QED) is 0.439. The maximum absolute atomic E-state index is 15.1. The number of pyridine rings is 1. The summed E-state index contributed by atoms with van der Waals surface area (Å²) in [5.74, 6) is -2.78. The van der Waals surface area contributed by atoms with Crippen LogP contribution in [0.4, 0.5) is 19.4 Å². The second-order valence-electron chi connectivity index (χ2n) is 12.8. The summed E-state index contributed by atoms with van der Waals surface area (Å²) < 4.78 is 70.4. The fourth-order valence-electron chi connectivity index (χ4n) is 5.87. The van der Waals surface area contributed by atoms with Gasteiger partial charge in [0.2, 0.25) is 0 Å². The van der Waals surface area contributed by atoms with Gasteiger partial charge in [-0.25, -0.2) is 18.6 Å². The van der Waals surface area contributed by atoms with E-state index in [9.17, 15) is 22.4 Å². The number of halogens is 3. The number of amides is 2. The van der Waals surface area contributed by atoms with Crippen LogP contribution in [-0.4, -0.2) is 97.5 Å². The third kappa shape index (κ3) is 6.29. The van der Waals surface area contributed by atoms with E-state index in [-0.39, 0.29) is 72.6 Å². The predicted molar refractivity (Wildman–Crippen MR) is 158 cm³/mol. The van der Waals surface area contributed by atoms with Crippen LogP contribution in [-0.2, 0) is 19.0 Å². The van der Waals surface area contributed by atoms with Gasteiger partial charge in [0.25, 0.3) is 16.0 Å². The molecule has 0 bridgehead atoms. The van der Waals surface area contributed by atoms with Gasteiger partial charge in [0, 0.05) is 37.3 Å². The fourth-order valence-corrected chi connectivity index (χ4v) is 6.78. The average Bonchev–Trinajstić information content (AvgIpc) is 3.10. The molecule has 2 saturated heterocycles. The molecule has 0 saturated carbocycles. The summed E-state index contributed by atoms with van der Waals surface area (Å²) in [6, 6.07) is 3.00. The lowest BCUT2D eigenvalue weighted by atomic mass is 10.00. The Morgan fingerprint density at radius 3 is 2.55 bits per heavy atom. The Labute approximate surface area is 260 Å². The molecule has 4 heterocycles. The zero-order valence-electron chi connectivity index (χ0n) is 25.3. The van der Waals surface area contributed by atoms with Crippen LogP contribution >= 0.6 is 11.6 Å². The second kappa shape index (κ2) is 11.3. The molecule has 2 unspecified atom stereocenters. The van der Waals surface area contributed by atoms with Gasteiger partial charge in [0.05, 0.1) is 24.1 Å². The molecular weight excluding hydrogens is 622 g/mol. The molecule has 0 N–H and O–H groups in total. The van der Waals surface area contributed by atoms with Gasteiger partial charge >= 0.3 is 6.09 Å². The lowest BCUT2D eigenvalue weighted by Crippen LogP contribution is -2.58. The maximum atomic E-state index is 15.1. The van der Waals surface area contributed by atoms with Gasteiger partial charge in [-0.15, -0.1) is 0 Å². The number of carbonyl (C=O) groups is 2. The summed E-state index contributed by atoms with van der Waals surface area (Å²) in [7, 11) is -3.81. The summed E-state index contributed by atoms with van der Waals surface area (Å²) >= 11 is 6.78. The number of aromatic nitrogens is 1. The SMILES string of the molecule is CC(C)(C)OC(=O)N1CCN2C(=O)c3c(N4CC(OS(C)(=O)=O)CC4(C)C)nc(-c4cccc(F)c4F)c(Cl)c3OCC2C1. The number of nitrogens with zero attached hydrogens (tertiary/aromatic N) is 4. The molecule has 3 aliphatic rings. The summed E-state index contributed by atoms with van der Waals surface area (Å²) in [6.45, 7) is 9.39. The monoisotopic (exact) mass is 656 g/mol.